The topological polar surface area (TPSA) is 55.6 Å². The fourth-order valence-corrected chi connectivity index (χ4v) is 2.37. The fourth-order valence-electron chi connectivity index (χ4n) is 1.91. The largest absolute Gasteiger partial charge is 0.373 e. The summed E-state index contributed by atoms with van der Waals surface area (Å²) in [6, 6.07) is 4.16. The van der Waals surface area contributed by atoms with Crippen molar-refractivity contribution in [3.05, 3.63) is 34.1 Å². The van der Waals surface area contributed by atoms with Gasteiger partial charge in [-0.2, -0.15) is 0 Å². The number of hydrogen-bond donors (Lipinski definition) is 1. The van der Waals surface area contributed by atoms with Crippen molar-refractivity contribution in [1.29, 1.82) is 0 Å². The van der Waals surface area contributed by atoms with Gasteiger partial charge in [-0.1, -0.05) is 15.9 Å². The van der Waals surface area contributed by atoms with Crippen LogP contribution in [-0.2, 0) is 4.74 Å². The number of hydrogen-bond acceptors (Lipinski definition) is 3. The zero-order chi connectivity index (χ0) is 13.1. The second-order valence-electron chi connectivity index (χ2n) is 4.14. The minimum Gasteiger partial charge on any atom is -0.373 e. The first kappa shape index (κ1) is 16.4. The normalized spacial score (nSPS) is 18.9. The van der Waals surface area contributed by atoms with Gasteiger partial charge in [0.05, 0.1) is 12.7 Å². The van der Waals surface area contributed by atoms with Crippen LogP contribution in [0, 0.1) is 5.82 Å². The molecule has 106 valence electrons. The van der Waals surface area contributed by atoms with Gasteiger partial charge in [-0.15, -0.1) is 12.4 Å². The van der Waals surface area contributed by atoms with E-state index in [1.54, 1.807) is 11.0 Å². The molecule has 7 heteroatoms. The Morgan fingerprint density at radius 3 is 2.89 bits per heavy atom. The van der Waals surface area contributed by atoms with Gasteiger partial charge >= 0.3 is 0 Å². The van der Waals surface area contributed by atoms with E-state index >= 15 is 0 Å². The van der Waals surface area contributed by atoms with Gasteiger partial charge in [0.2, 0.25) is 0 Å². The van der Waals surface area contributed by atoms with Gasteiger partial charge in [-0.05, 0) is 18.2 Å². The lowest BCUT2D eigenvalue weighted by Gasteiger charge is -2.32. The Morgan fingerprint density at radius 1 is 1.53 bits per heavy atom. The Hall–Kier alpha value is -0.690. The number of carbonyl (C=O) groups excluding carboxylic acids is 1. The number of morpholine rings is 1. The molecule has 1 heterocycles. The number of halogens is 3. The Bertz CT molecular complexity index is 441. The number of amides is 1. The summed E-state index contributed by atoms with van der Waals surface area (Å²) in [5, 5.41) is 0. The first-order valence-electron chi connectivity index (χ1n) is 5.67. The number of nitrogens with zero attached hydrogens (tertiary/aromatic N) is 1. The van der Waals surface area contributed by atoms with Gasteiger partial charge in [0, 0.05) is 29.7 Å². The maximum Gasteiger partial charge on any atom is 0.254 e. The van der Waals surface area contributed by atoms with Crippen LogP contribution in [0.5, 0.6) is 0 Å². The summed E-state index contributed by atoms with van der Waals surface area (Å²) in [5.41, 5.74) is 5.85. The van der Waals surface area contributed by atoms with Crippen molar-refractivity contribution in [1.82, 2.24) is 4.90 Å². The molecule has 0 spiro atoms. The standard InChI is InChI=1S/C12H14BrFN2O2.ClH/c13-9-3-8(4-10(14)5-9)12(17)16-1-2-18-11(6-15)7-16;/h3-5,11H,1-2,6-7,15H2;1H. The summed E-state index contributed by atoms with van der Waals surface area (Å²) < 4.78 is 19.2. The molecule has 1 amide bonds. The van der Waals surface area contributed by atoms with Gasteiger partial charge in [-0.3, -0.25) is 4.79 Å². The summed E-state index contributed by atoms with van der Waals surface area (Å²) in [4.78, 5) is 13.8. The molecule has 1 aliphatic heterocycles. The van der Waals surface area contributed by atoms with Gasteiger partial charge in [-0.25, -0.2) is 4.39 Å². The second kappa shape index (κ2) is 7.19. The van der Waals surface area contributed by atoms with E-state index in [4.69, 9.17) is 10.5 Å². The highest BCUT2D eigenvalue weighted by Gasteiger charge is 2.24. The molecular formula is C12H15BrClFN2O2. The highest BCUT2D eigenvalue weighted by Crippen LogP contribution is 2.17. The molecule has 1 aromatic carbocycles. The van der Waals surface area contributed by atoms with Crippen LogP contribution in [-0.4, -0.2) is 43.2 Å². The smallest absolute Gasteiger partial charge is 0.254 e. The molecular weight excluding hydrogens is 338 g/mol. The first-order valence-corrected chi connectivity index (χ1v) is 6.46. The molecule has 2 rings (SSSR count). The summed E-state index contributed by atoms with van der Waals surface area (Å²) in [5.74, 6) is -0.631. The van der Waals surface area contributed by atoms with Crippen LogP contribution in [0.4, 0.5) is 4.39 Å². The molecule has 1 saturated heterocycles. The van der Waals surface area contributed by atoms with Crippen molar-refractivity contribution in [2.24, 2.45) is 5.73 Å². The molecule has 1 aromatic rings. The highest BCUT2D eigenvalue weighted by molar-refractivity contribution is 9.10. The van der Waals surface area contributed by atoms with Crippen molar-refractivity contribution < 1.29 is 13.9 Å². The SMILES string of the molecule is Cl.NCC1CN(C(=O)c2cc(F)cc(Br)c2)CCO1. The summed E-state index contributed by atoms with van der Waals surface area (Å²) in [6.45, 7) is 1.79. The Morgan fingerprint density at radius 2 is 2.26 bits per heavy atom. The zero-order valence-corrected chi connectivity index (χ0v) is 12.5. The van der Waals surface area contributed by atoms with Crippen LogP contribution in [0.2, 0.25) is 0 Å². The maximum atomic E-state index is 13.3. The van der Waals surface area contributed by atoms with E-state index in [-0.39, 0.29) is 24.4 Å². The van der Waals surface area contributed by atoms with E-state index in [0.29, 0.717) is 36.3 Å². The maximum absolute atomic E-state index is 13.3. The molecule has 4 nitrogen and oxygen atoms in total. The second-order valence-corrected chi connectivity index (χ2v) is 5.05. The number of carbonyl (C=O) groups is 1. The molecule has 0 aliphatic carbocycles. The molecule has 0 bridgehead atoms. The number of nitrogens with two attached hydrogens (primary N) is 1. The third-order valence-electron chi connectivity index (χ3n) is 2.80. The lowest BCUT2D eigenvalue weighted by atomic mass is 10.1. The van der Waals surface area contributed by atoms with E-state index in [9.17, 15) is 9.18 Å². The van der Waals surface area contributed by atoms with Crippen molar-refractivity contribution in [3.8, 4) is 0 Å². The molecule has 19 heavy (non-hydrogen) atoms. The predicted octanol–water partition coefficient (Wildman–Crippen LogP) is 1.81. The molecule has 0 saturated carbocycles. The quantitative estimate of drug-likeness (QED) is 0.882. The average molecular weight is 354 g/mol. The minimum atomic E-state index is -0.434. The Labute approximate surface area is 125 Å². The summed E-state index contributed by atoms with van der Waals surface area (Å²) in [6.07, 6.45) is -0.139. The minimum absolute atomic E-state index is 0. The van der Waals surface area contributed by atoms with Crippen LogP contribution in [0.1, 0.15) is 10.4 Å². The highest BCUT2D eigenvalue weighted by atomic mass is 79.9. The zero-order valence-electron chi connectivity index (χ0n) is 10.1. The summed E-state index contributed by atoms with van der Waals surface area (Å²) in [7, 11) is 0. The number of benzene rings is 1. The monoisotopic (exact) mass is 352 g/mol. The van der Waals surface area contributed by atoms with E-state index in [2.05, 4.69) is 15.9 Å². The molecule has 0 aromatic heterocycles. The fraction of sp³-hybridized carbons (Fsp3) is 0.417. The Balaban J connectivity index is 0.00000180. The predicted molar refractivity (Wildman–Crippen MR) is 76.0 cm³/mol. The molecule has 0 radical (unpaired) electrons. The number of ether oxygens (including phenoxy) is 1. The van der Waals surface area contributed by atoms with Crippen LogP contribution in [0.15, 0.2) is 22.7 Å². The summed E-state index contributed by atoms with van der Waals surface area (Å²) >= 11 is 3.18. The van der Waals surface area contributed by atoms with E-state index in [1.165, 1.54) is 12.1 Å². The molecule has 1 aliphatic rings. The number of rotatable bonds is 2. The van der Waals surface area contributed by atoms with Crippen LogP contribution < -0.4 is 5.73 Å². The van der Waals surface area contributed by atoms with Crippen molar-refractivity contribution in [3.63, 3.8) is 0 Å². The van der Waals surface area contributed by atoms with Crippen LogP contribution >= 0.6 is 28.3 Å². The van der Waals surface area contributed by atoms with E-state index < -0.39 is 5.82 Å². The third-order valence-corrected chi connectivity index (χ3v) is 3.26. The van der Waals surface area contributed by atoms with Crippen LogP contribution in [0.3, 0.4) is 0 Å². The van der Waals surface area contributed by atoms with Gasteiger partial charge in [0.25, 0.3) is 5.91 Å². The van der Waals surface area contributed by atoms with Crippen molar-refractivity contribution in [2.75, 3.05) is 26.2 Å². The first-order chi connectivity index (χ1) is 8.60. The lowest BCUT2D eigenvalue weighted by molar-refractivity contribution is -0.0167. The van der Waals surface area contributed by atoms with Crippen LogP contribution in [0.25, 0.3) is 0 Å². The third kappa shape index (κ3) is 4.14. The van der Waals surface area contributed by atoms with Gasteiger partial charge in [0.1, 0.15) is 5.82 Å². The van der Waals surface area contributed by atoms with Crippen molar-refractivity contribution in [2.45, 2.75) is 6.10 Å². The molecule has 2 N–H and O–H groups in total. The Kier molecular flexibility index (Phi) is 6.19. The lowest BCUT2D eigenvalue weighted by Crippen LogP contribution is -2.48. The van der Waals surface area contributed by atoms with Gasteiger partial charge < -0.3 is 15.4 Å². The average Bonchev–Trinajstić information content (AvgIpc) is 2.37. The van der Waals surface area contributed by atoms with E-state index in [0.717, 1.165) is 0 Å². The van der Waals surface area contributed by atoms with Gasteiger partial charge in [0.15, 0.2) is 0 Å². The van der Waals surface area contributed by atoms with Crippen molar-refractivity contribution >= 4 is 34.2 Å². The molecule has 1 unspecified atom stereocenters. The molecule has 1 fully saturated rings. The molecule has 1 atom stereocenters. The van der Waals surface area contributed by atoms with E-state index in [1.807, 2.05) is 0 Å².